The summed E-state index contributed by atoms with van der Waals surface area (Å²) < 4.78 is 24.4. The monoisotopic (exact) mass is 365 g/mol. The molecule has 4 nitrogen and oxygen atoms in total. The van der Waals surface area contributed by atoms with Crippen LogP contribution in [-0.2, 0) is 0 Å². The van der Waals surface area contributed by atoms with Crippen molar-refractivity contribution in [3.63, 3.8) is 0 Å². The number of rotatable bonds is 7. The zero-order valence-corrected chi connectivity index (χ0v) is 14.4. The van der Waals surface area contributed by atoms with Gasteiger partial charge in [-0.15, -0.1) is 12.4 Å². The highest BCUT2D eigenvalue weighted by molar-refractivity contribution is 7.99. The van der Waals surface area contributed by atoms with Gasteiger partial charge in [0.2, 0.25) is 0 Å². The topological polar surface area (TPSA) is 44.4 Å². The zero-order valence-electron chi connectivity index (χ0n) is 12.8. The Hall–Kier alpha value is -0.890. The predicted octanol–water partition coefficient (Wildman–Crippen LogP) is 2.45. The number of hydrogen-bond donors (Lipinski definition) is 2. The van der Waals surface area contributed by atoms with E-state index >= 15 is 0 Å². The maximum Gasteiger partial charge on any atom is 0.288 e. The van der Waals surface area contributed by atoms with Crippen molar-refractivity contribution in [2.45, 2.75) is 17.1 Å². The lowest BCUT2D eigenvalue weighted by Crippen LogP contribution is -2.44. The van der Waals surface area contributed by atoms with Gasteiger partial charge in [0.25, 0.3) is 11.7 Å². The Morgan fingerprint density at radius 1 is 1.26 bits per heavy atom. The number of alkyl halides is 2. The molecule has 1 aromatic carbocycles. The van der Waals surface area contributed by atoms with Gasteiger partial charge in [0.05, 0.1) is 0 Å². The molecule has 0 atom stereocenters. The molecule has 1 saturated heterocycles. The molecular formula is C15H22ClF2N3OS. The average molecular weight is 366 g/mol. The van der Waals surface area contributed by atoms with Crippen LogP contribution in [0.3, 0.4) is 0 Å². The molecule has 0 saturated carbocycles. The molecule has 2 N–H and O–H groups in total. The van der Waals surface area contributed by atoms with E-state index in [2.05, 4.69) is 15.5 Å². The van der Waals surface area contributed by atoms with Crippen LogP contribution in [0.1, 0.15) is 16.8 Å². The van der Waals surface area contributed by atoms with Gasteiger partial charge in [-0.3, -0.25) is 4.79 Å². The number of hydrogen-bond acceptors (Lipinski definition) is 4. The van der Waals surface area contributed by atoms with E-state index in [4.69, 9.17) is 0 Å². The molecule has 0 unspecified atom stereocenters. The molecule has 1 aliphatic rings. The number of halogens is 3. The fourth-order valence-electron chi connectivity index (χ4n) is 2.33. The van der Waals surface area contributed by atoms with Crippen LogP contribution < -0.4 is 10.6 Å². The van der Waals surface area contributed by atoms with Crippen LogP contribution in [0.5, 0.6) is 0 Å². The van der Waals surface area contributed by atoms with Crippen molar-refractivity contribution in [2.75, 3.05) is 39.3 Å². The van der Waals surface area contributed by atoms with E-state index in [1.807, 2.05) is 0 Å². The Kier molecular flexibility index (Phi) is 9.47. The molecule has 0 radical (unpaired) electrons. The molecule has 1 aromatic rings. The Bertz CT molecular complexity index is 470. The summed E-state index contributed by atoms with van der Waals surface area (Å²) >= 11 is 0.480. The van der Waals surface area contributed by atoms with E-state index in [0.717, 1.165) is 39.1 Å². The Morgan fingerprint density at radius 3 is 2.52 bits per heavy atom. The number of carbonyl (C=O) groups excluding carboxylic acids is 1. The van der Waals surface area contributed by atoms with Gasteiger partial charge in [-0.1, -0.05) is 11.8 Å². The third-order valence-corrected chi connectivity index (χ3v) is 4.21. The number of nitrogens with one attached hydrogen (secondary N) is 2. The number of piperazine rings is 1. The molecule has 1 heterocycles. The van der Waals surface area contributed by atoms with Crippen LogP contribution in [0.25, 0.3) is 0 Å². The van der Waals surface area contributed by atoms with E-state index in [0.29, 0.717) is 28.8 Å². The first kappa shape index (κ1) is 20.2. The SMILES string of the molecule is Cl.O=C(NCCCN1CCNCC1)c1ccc(SC(F)F)cc1. The zero-order chi connectivity index (χ0) is 15.8. The number of nitrogens with zero attached hydrogens (tertiary/aromatic N) is 1. The Balaban J connectivity index is 0.00000264. The fourth-order valence-corrected chi connectivity index (χ4v) is 2.83. The molecular weight excluding hydrogens is 344 g/mol. The lowest BCUT2D eigenvalue weighted by molar-refractivity contribution is 0.0951. The quantitative estimate of drug-likeness (QED) is 0.575. The highest BCUT2D eigenvalue weighted by Crippen LogP contribution is 2.25. The van der Waals surface area contributed by atoms with Crippen LogP contribution in [0.15, 0.2) is 29.2 Å². The lowest BCUT2D eigenvalue weighted by Gasteiger charge is -2.27. The maximum absolute atomic E-state index is 12.2. The summed E-state index contributed by atoms with van der Waals surface area (Å²) in [7, 11) is 0. The minimum absolute atomic E-state index is 0. The van der Waals surface area contributed by atoms with Gasteiger partial charge in [-0.05, 0) is 37.2 Å². The minimum Gasteiger partial charge on any atom is -0.352 e. The molecule has 0 aromatic heterocycles. The predicted molar refractivity (Wildman–Crippen MR) is 91.8 cm³/mol. The second-order valence-electron chi connectivity index (χ2n) is 5.10. The number of thioether (sulfide) groups is 1. The van der Waals surface area contributed by atoms with Crippen LogP contribution in [0, 0.1) is 0 Å². The Morgan fingerprint density at radius 2 is 1.91 bits per heavy atom. The van der Waals surface area contributed by atoms with E-state index < -0.39 is 5.76 Å². The van der Waals surface area contributed by atoms with Crippen LogP contribution in [0.4, 0.5) is 8.78 Å². The summed E-state index contributed by atoms with van der Waals surface area (Å²) in [6, 6.07) is 6.26. The van der Waals surface area contributed by atoms with Crippen LogP contribution >= 0.6 is 24.2 Å². The maximum atomic E-state index is 12.2. The summed E-state index contributed by atoms with van der Waals surface area (Å²) in [6.45, 7) is 5.75. The largest absolute Gasteiger partial charge is 0.352 e. The third kappa shape index (κ3) is 7.48. The smallest absolute Gasteiger partial charge is 0.288 e. The van der Waals surface area contributed by atoms with Crippen molar-refractivity contribution in [2.24, 2.45) is 0 Å². The van der Waals surface area contributed by atoms with Crippen LogP contribution in [0.2, 0.25) is 0 Å². The number of amides is 1. The molecule has 130 valence electrons. The molecule has 2 rings (SSSR count). The summed E-state index contributed by atoms with van der Waals surface area (Å²) in [4.78, 5) is 14.8. The summed E-state index contributed by atoms with van der Waals surface area (Å²) in [5.74, 6) is -2.60. The van der Waals surface area contributed by atoms with Gasteiger partial charge in [0.15, 0.2) is 0 Å². The molecule has 8 heteroatoms. The second-order valence-corrected chi connectivity index (χ2v) is 6.17. The molecule has 1 fully saturated rings. The molecule has 0 spiro atoms. The van der Waals surface area contributed by atoms with Gasteiger partial charge < -0.3 is 15.5 Å². The van der Waals surface area contributed by atoms with E-state index in [1.165, 1.54) is 0 Å². The van der Waals surface area contributed by atoms with E-state index in [-0.39, 0.29) is 18.3 Å². The molecule has 0 bridgehead atoms. The highest BCUT2D eigenvalue weighted by atomic mass is 35.5. The van der Waals surface area contributed by atoms with Gasteiger partial charge >= 0.3 is 0 Å². The first-order chi connectivity index (χ1) is 10.6. The van der Waals surface area contributed by atoms with Gasteiger partial charge in [0.1, 0.15) is 0 Å². The molecule has 1 aliphatic heterocycles. The normalized spacial score (nSPS) is 15.3. The first-order valence-corrected chi connectivity index (χ1v) is 8.29. The lowest BCUT2D eigenvalue weighted by atomic mass is 10.2. The highest BCUT2D eigenvalue weighted by Gasteiger charge is 2.10. The average Bonchev–Trinajstić information content (AvgIpc) is 2.52. The molecule has 0 aliphatic carbocycles. The summed E-state index contributed by atoms with van der Waals surface area (Å²) in [6.07, 6.45) is 0.908. The van der Waals surface area contributed by atoms with Crippen molar-refractivity contribution in [1.29, 1.82) is 0 Å². The van der Waals surface area contributed by atoms with Gasteiger partial charge in [0, 0.05) is 43.2 Å². The van der Waals surface area contributed by atoms with Crippen molar-refractivity contribution in [3.05, 3.63) is 29.8 Å². The second kappa shape index (κ2) is 10.8. The van der Waals surface area contributed by atoms with Crippen LogP contribution in [-0.4, -0.2) is 55.8 Å². The van der Waals surface area contributed by atoms with E-state index in [9.17, 15) is 13.6 Å². The standard InChI is InChI=1S/C15H21F2N3OS.ClH/c16-15(17)22-13-4-2-12(3-5-13)14(21)19-6-1-9-20-10-7-18-8-11-20;/h2-5,15,18H,1,6-11H2,(H,19,21);1H. The number of carbonyl (C=O) groups is 1. The molecule has 23 heavy (non-hydrogen) atoms. The summed E-state index contributed by atoms with van der Waals surface area (Å²) in [5, 5.41) is 6.16. The molecule has 1 amide bonds. The van der Waals surface area contributed by atoms with E-state index in [1.54, 1.807) is 24.3 Å². The Labute approximate surface area is 145 Å². The van der Waals surface area contributed by atoms with Gasteiger partial charge in [-0.25, -0.2) is 0 Å². The van der Waals surface area contributed by atoms with Crippen molar-refractivity contribution in [3.8, 4) is 0 Å². The number of benzene rings is 1. The fraction of sp³-hybridized carbons (Fsp3) is 0.533. The van der Waals surface area contributed by atoms with Crippen molar-refractivity contribution < 1.29 is 13.6 Å². The van der Waals surface area contributed by atoms with Crippen molar-refractivity contribution in [1.82, 2.24) is 15.5 Å². The minimum atomic E-state index is -2.44. The third-order valence-electron chi connectivity index (χ3n) is 3.49. The van der Waals surface area contributed by atoms with Crippen molar-refractivity contribution >= 4 is 30.1 Å². The van der Waals surface area contributed by atoms with Gasteiger partial charge in [-0.2, -0.15) is 8.78 Å². The first-order valence-electron chi connectivity index (χ1n) is 7.41. The summed E-state index contributed by atoms with van der Waals surface area (Å²) in [5.41, 5.74) is 0.501.